The Morgan fingerprint density at radius 2 is 0.457 bits per heavy atom. The maximum absolute atomic E-state index is 14.0. The van der Waals surface area contributed by atoms with Gasteiger partial charge in [-0.05, 0) is 1.92 Å². The number of alkyl halides is 26. The number of hydrogen-bond donors (Lipinski definition) is 0. The molecule has 0 radical (unpaired) electrons. The predicted molar refractivity (Wildman–Crippen MR) is 95.3 cm³/mol. The Hall–Kier alpha value is -1.23. The third-order valence-electron chi connectivity index (χ3n) is 4.84. The summed E-state index contributed by atoms with van der Waals surface area (Å²) in [5.41, 5.74) is 0. The van der Waals surface area contributed by atoms with E-state index in [0.717, 1.165) is 0 Å². The van der Waals surface area contributed by atoms with Crippen molar-refractivity contribution in [2.45, 2.75) is 70.2 Å². The Labute approximate surface area is 246 Å². The van der Waals surface area contributed by atoms with Gasteiger partial charge in [0.05, 0.1) is 22.9 Å². The summed E-state index contributed by atoms with van der Waals surface area (Å²) >= 11 is -1.58. The van der Waals surface area contributed by atoms with Gasteiger partial charge in [0.1, 0.15) is 0 Å². The monoisotopic (exact) mass is 907 g/mol. The van der Waals surface area contributed by atoms with Crippen molar-refractivity contribution in [1.82, 2.24) is 1.92 Å². The van der Waals surface area contributed by atoms with E-state index in [1.54, 1.807) is 0 Å². The molecule has 0 spiro atoms. The van der Waals surface area contributed by atoms with Crippen LogP contribution < -0.4 is 0 Å². The average molecular weight is 907 g/mol. The Kier molecular flexibility index (Phi) is 10.6. The first-order valence-corrected chi connectivity index (χ1v) is 12.9. The van der Waals surface area contributed by atoms with Gasteiger partial charge >= 0.3 is 90.3 Å². The zero-order valence-corrected chi connectivity index (χ0v) is 22.9. The van der Waals surface area contributed by atoms with Gasteiger partial charge in [0.15, 0.2) is 0 Å². The van der Waals surface area contributed by atoms with E-state index in [-0.39, 0.29) is 0 Å². The van der Waals surface area contributed by atoms with Gasteiger partial charge in [0, 0.05) is 0 Å². The van der Waals surface area contributed by atoms with Gasteiger partial charge in [-0.1, -0.05) is 0 Å². The Morgan fingerprint density at radius 1 is 0.304 bits per heavy atom. The lowest BCUT2D eigenvalue weighted by molar-refractivity contribution is -0.433. The van der Waals surface area contributed by atoms with Crippen LogP contribution in [0.2, 0.25) is 0 Å². The van der Waals surface area contributed by atoms with Crippen LogP contribution in [0.1, 0.15) is 0 Å². The molecule has 0 N–H and O–H groups in total. The normalized spacial score (nSPS) is 17.1. The van der Waals surface area contributed by atoms with E-state index in [1.165, 1.54) is 0 Å². The minimum absolute atomic E-state index is 1.58. The quantitative estimate of drug-likeness (QED) is 0.115. The number of halogens is 27. The molecule has 278 valence electrons. The van der Waals surface area contributed by atoms with Crippen molar-refractivity contribution in [2.75, 3.05) is 0 Å². The van der Waals surface area contributed by atoms with E-state index in [9.17, 15) is 131 Å². The second kappa shape index (κ2) is 10.9. The van der Waals surface area contributed by atoms with Gasteiger partial charge in [-0.25, -0.2) is 16.8 Å². The summed E-state index contributed by atoms with van der Waals surface area (Å²) in [6.07, 6.45) is -16.3. The van der Waals surface area contributed by atoms with Gasteiger partial charge in [0.2, 0.25) is 0 Å². The largest absolute Gasteiger partial charge is 0.460 e. The standard InChI is InChI=1S/C12F26INO4S2/c13-1(14,5(21,22)9(29,30)31)3(17,18)7(25,26)11(35,36)45(41,42)40(39)46(43,44)12(37,38)8(27,28)4(19,20)2(15,16)6(23,24)10(32,33)34. The molecule has 0 fully saturated rings. The molecule has 0 aliphatic heterocycles. The second-order valence-electron chi connectivity index (χ2n) is 7.79. The van der Waals surface area contributed by atoms with Gasteiger partial charge in [-0.3, -0.25) is 0 Å². The first kappa shape index (κ1) is 44.8. The molecular formula is C12F26INO4S2. The van der Waals surface area contributed by atoms with Gasteiger partial charge in [-0.15, -0.1) is 0 Å². The molecule has 0 atom stereocenters. The number of hydrogen-bond acceptors (Lipinski definition) is 4. The van der Waals surface area contributed by atoms with Crippen LogP contribution in [-0.4, -0.2) is 89.0 Å². The molecule has 0 heterocycles. The van der Waals surface area contributed by atoms with E-state index in [1.807, 2.05) is 0 Å². The van der Waals surface area contributed by atoms with Crippen LogP contribution in [0.5, 0.6) is 0 Å². The van der Waals surface area contributed by atoms with Crippen molar-refractivity contribution in [2.24, 2.45) is 0 Å². The Morgan fingerprint density at radius 3 is 0.609 bits per heavy atom. The predicted octanol–water partition coefficient (Wildman–Crippen LogP) is 7.69. The van der Waals surface area contributed by atoms with Crippen molar-refractivity contribution in [3.8, 4) is 0 Å². The average Bonchev–Trinajstić information content (AvgIpc) is 2.80. The number of rotatable bonds is 12. The van der Waals surface area contributed by atoms with Crippen molar-refractivity contribution < 1.29 is 131 Å². The fourth-order valence-electron chi connectivity index (χ4n) is 2.14. The van der Waals surface area contributed by atoms with Crippen molar-refractivity contribution in [3.63, 3.8) is 0 Å². The minimum atomic E-state index is -9.42. The van der Waals surface area contributed by atoms with E-state index >= 15 is 0 Å². The Balaban J connectivity index is 7.47. The third-order valence-corrected chi connectivity index (χ3v) is 11.7. The topological polar surface area (TPSA) is 71.5 Å². The first-order valence-electron chi connectivity index (χ1n) is 9.02. The molecule has 0 rings (SSSR count). The van der Waals surface area contributed by atoms with Crippen LogP contribution >= 0.6 is 22.9 Å². The molecule has 0 unspecified atom stereocenters. The molecule has 0 saturated heterocycles. The highest BCUT2D eigenvalue weighted by atomic mass is 127. The van der Waals surface area contributed by atoms with E-state index in [4.69, 9.17) is 0 Å². The molecule has 0 aliphatic carbocycles. The summed E-state index contributed by atoms with van der Waals surface area (Å²) in [6.45, 7) is 0. The zero-order valence-electron chi connectivity index (χ0n) is 19.1. The van der Waals surface area contributed by atoms with Gasteiger partial charge < -0.3 is 0 Å². The summed E-state index contributed by atoms with van der Waals surface area (Å²) < 4.78 is 383. The summed E-state index contributed by atoms with van der Waals surface area (Å²) in [7, 11) is -18.8. The van der Waals surface area contributed by atoms with E-state index in [2.05, 4.69) is 0 Å². The molecule has 0 aliphatic rings. The lowest BCUT2D eigenvalue weighted by Crippen LogP contribution is -2.73. The first-order chi connectivity index (χ1) is 19.2. The highest BCUT2D eigenvalue weighted by Gasteiger charge is 2.95. The molecule has 0 amide bonds. The fraction of sp³-hybridized carbons (Fsp3) is 1.00. The van der Waals surface area contributed by atoms with Crippen molar-refractivity contribution in [3.05, 3.63) is 0 Å². The molecule has 0 bridgehead atoms. The van der Waals surface area contributed by atoms with Gasteiger partial charge in [0.25, 0.3) is 0 Å². The minimum Gasteiger partial charge on any atom is -0.204 e. The number of sulfonamides is 2. The molecule has 5 nitrogen and oxygen atoms in total. The molecule has 34 heteroatoms. The third kappa shape index (κ3) is 5.29. The molecule has 0 saturated carbocycles. The molecule has 0 aromatic rings. The summed E-state index contributed by atoms with van der Waals surface area (Å²) in [5.74, 6) is -71.9. The van der Waals surface area contributed by atoms with Crippen LogP contribution in [-0.2, 0) is 20.0 Å². The lowest BCUT2D eigenvalue weighted by atomic mass is 9.98. The van der Waals surface area contributed by atoms with Crippen LogP contribution in [0, 0.1) is 0 Å². The highest BCUT2D eigenvalue weighted by molar-refractivity contribution is 14.1. The van der Waals surface area contributed by atoms with Crippen LogP contribution in [0.25, 0.3) is 0 Å². The molecule has 46 heavy (non-hydrogen) atoms. The lowest BCUT2D eigenvalue weighted by Gasteiger charge is -2.41. The van der Waals surface area contributed by atoms with Crippen LogP contribution in [0.3, 0.4) is 0 Å². The molecule has 0 aromatic heterocycles. The molecule has 0 aromatic carbocycles. The second-order valence-corrected chi connectivity index (χ2v) is 13.9. The van der Waals surface area contributed by atoms with E-state index < -0.39 is 115 Å². The maximum Gasteiger partial charge on any atom is 0.460 e. The SMILES string of the molecule is O=S(=O)(N(I)S(=O)(=O)C(F)(F)C(F)(F)C(F)(F)C(F)(F)C(F)(F)C(F)(F)F)C(F)(F)C(F)(F)C(F)(F)C(F)(F)C(F)(F)C(F)(F)F. The van der Waals surface area contributed by atoms with Crippen molar-refractivity contribution in [1.29, 1.82) is 0 Å². The molecular weight excluding hydrogens is 907 g/mol. The summed E-state index contributed by atoms with van der Waals surface area (Å²) in [5, 5.41) is -17.8. The van der Waals surface area contributed by atoms with Gasteiger partial charge in [-0.2, -0.15) is 114 Å². The van der Waals surface area contributed by atoms with Crippen LogP contribution in [0.15, 0.2) is 0 Å². The number of nitrogens with zero attached hydrogens (tertiary/aromatic N) is 1. The smallest absolute Gasteiger partial charge is 0.204 e. The summed E-state index contributed by atoms with van der Waals surface area (Å²) in [4.78, 5) is 0. The Bertz CT molecular complexity index is 1270. The van der Waals surface area contributed by atoms with Crippen LogP contribution in [0.4, 0.5) is 114 Å². The van der Waals surface area contributed by atoms with Crippen molar-refractivity contribution >= 4 is 42.9 Å². The zero-order chi connectivity index (χ0) is 38.6. The summed E-state index contributed by atoms with van der Waals surface area (Å²) in [6, 6.07) is 0. The van der Waals surface area contributed by atoms with E-state index in [0.29, 0.717) is 0 Å². The highest BCUT2D eigenvalue weighted by Crippen LogP contribution is 2.64. The maximum atomic E-state index is 14.0. The fourth-order valence-corrected chi connectivity index (χ4v) is 6.49.